The van der Waals surface area contributed by atoms with E-state index < -0.39 is 0 Å². The fourth-order valence-electron chi connectivity index (χ4n) is 1.42. The van der Waals surface area contributed by atoms with Gasteiger partial charge in [-0.1, -0.05) is 30.3 Å². The Hall–Kier alpha value is -1.80. The molecule has 81 valence electrons. The molecule has 0 aliphatic carbocycles. The van der Waals surface area contributed by atoms with Crippen LogP contribution in [0.15, 0.2) is 54.6 Å². The van der Waals surface area contributed by atoms with Crippen LogP contribution >= 0.6 is 0 Å². The average molecular weight is 211 g/mol. The molecule has 0 aromatic heterocycles. The molecule has 0 heterocycles. The fraction of sp³-hybridized carbons (Fsp3) is 0.0714. The summed E-state index contributed by atoms with van der Waals surface area (Å²) in [5.41, 5.74) is 1.13. The van der Waals surface area contributed by atoms with E-state index in [2.05, 4.69) is 12.4 Å². The number of para-hydroxylation sites is 1. The molecular formula is C14H13NO-. The molecule has 0 bridgehead atoms. The summed E-state index contributed by atoms with van der Waals surface area (Å²) in [5.74, 6) is 1.68. The summed E-state index contributed by atoms with van der Waals surface area (Å²) in [4.78, 5) is 0. The second-order valence-electron chi connectivity index (χ2n) is 3.44. The maximum absolute atomic E-state index is 5.67. The molecule has 0 amide bonds. The van der Waals surface area contributed by atoms with Gasteiger partial charge in [0.2, 0.25) is 0 Å². The van der Waals surface area contributed by atoms with Crippen molar-refractivity contribution in [1.82, 2.24) is 5.32 Å². The zero-order valence-corrected chi connectivity index (χ0v) is 8.97. The minimum Gasteiger partial charge on any atom is -0.457 e. The van der Waals surface area contributed by atoms with Crippen LogP contribution in [0.5, 0.6) is 11.5 Å². The Labute approximate surface area is 95.9 Å². The predicted octanol–water partition coefficient (Wildman–Crippen LogP) is 3.37. The number of nitrogens with zero attached hydrogens (tertiary/aromatic N) is 1. The summed E-state index contributed by atoms with van der Waals surface area (Å²) in [5, 5.41) is 3.83. The molecule has 0 N–H and O–H groups in total. The van der Waals surface area contributed by atoms with Crippen LogP contribution in [0.25, 0.3) is 0 Å². The van der Waals surface area contributed by atoms with Crippen LogP contribution in [0.3, 0.4) is 0 Å². The molecule has 0 aliphatic heterocycles. The SMILES string of the molecule is [CH2-][N]Cc1ccc(Oc2ccccc2)cc1. The van der Waals surface area contributed by atoms with E-state index >= 15 is 0 Å². The second-order valence-corrected chi connectivity index (χ2v) is 3.44. The number of hydrogen-bond donors (Lipinski definition) is 0. The molecule has 0 atom stereocenters. The monoisotopic (exact) mass is 211 g/mol. The molecule has 2 aromatic carbocycles. The maximum atomic E-state index is 5.67. The summed E-state index contributed by atoms with van der Waals surface area (Å²) >= 11 is 0. The van der Waals surface area contributed by atoms with Gasteiger partial charge in [-0.3, -0.25) is 7.05 Å². The number of ether oxygens (including phenoxy) is 1. The lowest BCUT2D eigenvalue weighted by Crippen LogP contribution is -1.94. The van der Waals surface area contributed by atoms with Gasteiger partial charge in [-0.05, 0) is 29.8 Å². The van der Waals surface area contributed by atoms with Crippen molar-refractivity contribution in [2.75, 3.05) is 0 Å². The Morgan fingerprint density at radius 3 is 2.12 bits per heavy atom. The van der Waals surface area contributed by atoms with Crippen LogP contribution in [0.4, 0.5) is 0 Å². The van der Waals surface area contributed by atoms with Crippen LogP contribution in [0.2, 0.25) is 0 Å². The second kappa shape index (κ2) is 5.33. The first-order valence-electron chi connectivity index (χ1n) is 5.13. The van der Waals surface area contributed by atoms with Gasteiger partial charge in [0.05, 0.1) is 0 Å². The van der Waals surface area contributed by atoms with Gasteiger partial charge in [0.15, 0.2) is 0 Å². The standard InChI is InChI=1S/C14H13NO/c1-15-11-12-7-9-14(10-8-12)16-13-5-3-2-4-6-13/h2-10H,1,11H2/q-1. The highest BCUT2D eigenvalue weighted by molar-refractivity contribution is 5.32. The summed E-state index contributed by atoms with van der Waals surface area (Å²) < 4.78 is 5.67. The van der Waals surface area contributed by atoms with Crippen molar-refractivity contribution in [3.63, 3.8) is 0 Å². The van der Waals surface area contributed by atoms with Gasteiger partial charge in [0.25, 0.3) is 0 Å². The lowest BCUT2D eigenvalue weighted by atomic mass is 10.2. The van der Waals surface area contributed by atoms with Crippen molar-refractivity contribution >= 4 is 0 Å². The van der Waals surface area contributed by atoms with Gasteiger partial charge in [-0.2, -0.15) is 0 Å². The summed E-state index contributed by atoms with van der Waals surface area (Å²) in [6.45, 7) is 0.644. The highest BCUT2D eigenvalue weighted by Gasteiger charge is 1.96. The molecule has 0 fully saturated rings. The molecule has 2 rings (SSSR count). The quantitative estimate of drug-likeness (QED) is 0.711. The van der Waals surface area contributed by atoms with Gasteiger partial charge >= 0.3 is 0 Å². The molecule has 1 radical (unpaired) electrons. The highest BCUT2D eigenvalue weighted by Crippen LogP contribution is 2.20. The first-order valence-corrected chi connectivity index (χ1v) is 5.13. The van der Waals surface area contributed by atoms with Crippen LogP contribution in [-0.4, -0.2) is 0 Å². The Morgan fingerprint density at radius 2 is 1.50 bits per heavy atom. The van der Waals surface area contributed by atoms with Crippen molar-refractivity contribution in [2.24, 2.45) is 0 Å². The predicted molar refractivity (Wildman–Crippen MR) is 64.2 cm³/mol. The van der Waals surface area contributed by atoms with E-state index in [-0.39, 0.29) is 0 Å². The minimum absolute atomic E-state index is 0.644. The molecule has 2 heteroatoms. The molecule has 0 saturated carbocycles. The minimum atomic E-state index is 0.644. The average Bonchev–Trinajstić information content (AvgIpc) is 2.33. The Balaban J connectivity index is 2.05. The Bertz CT molecular complexity index is 422. The molecule has 0 spiro atoms. The molecule has 0 unspecified atom stereocenters. The van der Waals surface area contributed by atoms with E-state index in [1.165, 1.54) is 0 Å². The van der Waals surface area contributed by atoms with Gasteiger partial charge in [0, 0.05) is 6.54 Å². The van der Waals surface area contributed by atoms with Gasteiger partial charge in [0.1, 0.15) is 11.5 Å². The van der Waals surface area contributed by atoms with E-state index in [4.69, 9.17) is 4.74 Å². The Kier molecular flexibility index (Phi) is 3.57. The zero-order chi connectivity index (χ0) is 11.2. The first kappa shape index (κ1) is 10.7. The summed E-state index contributed by atoms with van der Waals surface area (Å²) in [6.07, 6.45) is 0. The van der Waals surface area contributed by atoms with Crippen molar-refractivity contribution < 1.29 is 4.74 Å². The molecule has 0 aliphatic rings. The van der Waals surface area contributed by atoms with Crippen LogP contribution < -0.4 is 10.1 Å². The van der Waals surface area contributed by atoms with Gasteiger partial charge in [-0.15, -0.1) is 0 Å². The van der Waals surface area contributed by atoms with Gasteiger partial charge in [-0.25, -0.2) is 0 Å². The van der Waals surface area contributed by atoms with Crippen molar-refractivity contribution in [1.29, 1.82) is 0 Å². The Morgan fingerprint density at radius 1 is 0.875 bits per heavy atom. The zero-order valence-electron chi connectivity index (χ0n) is 8.97. The maximum Gasteiger partial charge on any atom is 0.127 e. The van der Waals surface area contributed by atoms with E-state index in [1.807, 2.05) is 54.6 Å². The lowest BCUT2D eigenvalue weighted by molar-refractivity contribution is 0.482. The third-order valence-electron chi connectivity index (χ3n) is 2.20. The number of benzene rings is 2. The number of rotatable bonds is 4. The normalized spacial score (nSPS) is 10.1. The van der Waals surface area contributed by atoms with E-state index in [9.17, 15) is 0 Å². The first-order chi connectivity index (χ1) is 7.88. The molecular weight excluding hydrogens is 198 g/mol. The van der Waals surface area contributed by atoms with E-state index in [0.717, 1.165) is 17.1 Å². The van der Waals surface area contributed by atoms with Crippen molar-refractivity contribution in [3.8, 4) is 11.5 Å². The van der Waals surface area contributed by atoms with Crippen LogP contribution in [0, 0.1) is 7.05 Å². The highest BCUT2D eigenvalue weighted by atomic mass is 16.5. The molecule has 2 aromatic rings. The molecule has 2 nitrogen and oxygen atoms in total. The van der Waals surface area contributed by atoms with E-state index in [1.54, 1.807) is 0 Å². The summed E-state index contributed by atoms with van der Waals surface area (Å²) in [6, 6.07) is 17.6. The van der Waals surface area contributed by atoms with Crippen molar-refractivity contribution in [2.45, 2.75) is 6.54 Å². The van der Waals surface area contributed by atoms with Crippen LogP contribution in [0.1, 0.15) is 5.56 Å². The topological polar surface area (TPSA) is 23.3 Å². The number of hydrogen-bond acceptors (Lipinski definition) is 1. The fourth-order valence-corrected chi connectivity index (χ4v) is 1.42. The third kappa shape index (κ3) is 2.84. The summed E-state index contributed by atoms with van der Waals surface area (Å²) in [7, 11) is 3.46. The van der Waals surface area contributed by atoms with E-state index in [0.29, 0.717) is 6.54 Å². The molecule has 0 saturated heterocycles. The lowest BCUT2D eigenvalue weighted by Gasteiger charge is -2.07. The van der Waals surface area contributed by atoms with Gasteiger partial charge < -0.3 is 10.1 Å². The smallest absolute Gasteiger partial charge is 0.127 e. The van der Waals surface area contributed by atoms with Crippen LogP contribution in [-0.2, 0) is 6.54 Å². The van der Waals surface area contributed by atoms with Crippen molar-refractivity contribution in [3.05, 3.63) is 67.2 Å². The largest absolute Gasteiger partial charge is 0.457 e. The third-order valence-corrected chi connectivity index (χ3v) is 2.20. The molecule has 16 heavy (non-hydrogen) atoms.